The van der Waals surface area contributed by atoms with Gasteiger partial charge in [-0.1, -0.05) is 26.2 Å². The van der Waals surface area contributed by atoms with Gasteiger partial charge in [0.25, 0.3) is 0 Å². The second-order valence-corrected chi connectivity index (χ2v) is 5.48. The molecular formula is C16H23NO3. The Bertz CT molecular complexity index is 457. The highest BCUT2D eigenvalue weighted by atomic mass is 16.5. The quantitative estimate of drug-likeness (QED) is 0.864. The van der Waals surface area contributed by atoms with Crippen LogP contribution in [0.5, 0.6) is 5.75 Å². The van der Waals surface area contributed by atoms with E-state index in [0.717, 1.165) is 37.1 Å². The molecule has 0 heterocycles. The Balaban J connectivity index is 2.25. The summed E-state index contributed by atoms with van der Waals surface area (Å²) in [5.74, 6) is 0.214. The Kier molecular flexibility index (Phi) is 4.53. The Labute approximate surface area is 120 Å². The molecule has 0 spiro atoms. The highest BCUT2D eigenvalue weighted by Crippen LogP contribution is 2.39. The first kappa shape index (κ1) is 14.7. The van der Waals surface area contributed by atoms with E-state index in [-0.39, 0.29) is 5.92 Å². The molecular weight excluding hydrogens is 254 g/mol. The van der Waals surface area contributed by atoms with E-state index in [4.69, 9.17) is 4.74 Å². The van der Waals surface area contributed by atoms with Crippen molar-refractivity contribution in [1.82, 2.24) is 0 Å². The monoisotopic (exact) mass is 277 g/mol. The van der Waals surface area contributed by atoms with Crippen LogP contribution in [0.1, 0.15) is 39.0 Å². The maximum absolute atomic E-state index is 11.9. The summed E-state index contributed by atoms with van der Waals surface area (Å²) in [6, 6.07) is 7.46. The van der Waals surface area contributed by atoms with Crippen LogP contribution < -0.4 is 10.1 Å². The van der Waals surface area contributed by atoms with E-state index < -0.39 is 11.5 Å². The van der Waals surface area contributed by atoms with Crippen LogP contribution in [0.25, 0.3) is 0 Å². The summed E-state index contributed by atoms with van der Waals surface area (Å²) in [6.45, 7) is 2.07. The number of carboxylic acid groups (broad SMARTS) is 1. The minimum atomic E-state index is -0.832. The standard InChI is InChI=1S/C16H23NO3/c1-3-12-6-4-5-11-16(12,15(18)19)17-13-7-9-14(20-2)10-8-13/h7-10,12,17H,3-6,11H2,1-2H3,(H,18,19). The predicted octanol–water partition coefficient (Wildman–Crippen LogP) is 3.53. The number of hydrogen-bond acceptors (Lipinski definition) is 3. The number of carbonyl (C=O) groups is 1. The second kappa shape index (κ2) is 6.16. The van der Waals surface area contributed by atoms with Crippen molar-refractivity contribution in [2.45, 2.75) is 44.6 Å². The molecule has 4 nitrogen and oxygen atoms in total. The van der Waals surface area contributed by atoms with Gasteiger partial charge in [0.1, 0.15) is 11.3 Å². The fourth-order valence-corrected chi connectivity index (χ4v) is 3.23. The van der Waals surface area contributed by atoms with Crippen molar-refractivity contribution >= 4 is 11.7 Å². The average Bonchev–Trinajstić information content (AvgIpc) is 2.48. The highest BCUT2D eigenvalue weighted by molar-refractivity contribution is 5.83. The van der Waals surface area contributed by atoms with Gasteiger partial charge < -0.3 is 15.2 Å². The Morgan fingerprint density at radius 3 is 2.65 bits per heavy atom. The zero-order chi connectivity index (χ0) is 14.6. The van der Waals surface area contributed by atoms with Gasteiger partial charge in [-0.05, 0) is 43.0 Å². The van der Waals surface area contributed by atoms with Gasteiger partial charge in [-0.3, -0.25) is 0 Å². The molecule has 0 radical (unpaired) electrons. The number of carboxylic acids is 1. The SMILES string of the molecule is CCC1CCCCC1(Nc1ccc(OC)cc1)C(=O)O. The van der Waals surface area contributed by atoms with Crippen molar-refractivity contribution in [3.63, 3.8) is 0 Å². The Morgan fingerprint density at radius 1 is 1.40 bits per heavy atom. The molecule has 0 amide bonds. The molecule has 1 aliphatic rings. The molecule has 2 N–H and O–H groups in total. The molecule has 0 saturated heterocycles. The van der Waals surface area contributed by atoms with E-state index in [9.17, 15) is 9.90 Å². The third-order valence-electron chi connectivity index (χ3n) is 4.40. The van der Waals surface area contributed by atoms with Gasteiger partial charge in [-0.15, -0.1) is 0 Å². The molecule has 2 unspecified atom stereocenters. The molecule has 110 valence electrons. The number of hydrogen-bond donors (Lipinski definition) is 2. The topological polar surface area (TPSA) is 58.6 Å². The Hall–Kier alpha value is -1.71. The molecule has 2 atom stereocenters. The van der Waals surface area contributed by atoms with Crippen molar-refractivity contribution in [3.8, 4) is 5.75 Å². The first-order valence-electron chi connectivity index (χ1n) is 7.28. The third kappa shape index (κ3) is 2.74. The number of ether oxygens (including phenoxy) is 1. The molecule has 1 fully saturated rings. The van der Waals surface area contributed by atoms with Crippen molar-refractivity contribution in [1.29, 1.82) is 0 Å². The minimum Gasteiger partial charge on any atom is -0.497 e. The maximum atomic E-state index is 11.9. The van der Waals surface area contributed by atoms with Crippen LogP contribution in [0.15, 0.2) is 24.3 Å². The summed E-state index contributed by atoms with van der Waals surface area (Å²) in [5, 5.41) is 13.1. The van der Waals surface area contributed by atoms with Gasteiger partial charge in [0.15, 0.2) is 0 Å². The highest BCUT2D eigenvalue weighted by Gasteiger charge is 2.46. The smallest absolute Gasteiger partial charge is 0.329 e. The number of rotatable bonds is 5. The molecule has 4 heteroatoms. The summed E-state index contributed by atoms with van der Waals surface area (Å²) in [4.78, 5) is 11.9. The average molecular weight is 277 g/mol. The first-order chi connectivity index (χ1) is 9.62. The van der Waals surface area contributed by atoms with Crippen LogP contribution >= 0.6 is 0 Å². The van der Waals surface area contributed by atoms with Crippen molar-refractivity contribution < 1.29 is 14.6 Å². The van der Waals surface area contributed by atoms with Crippen LogP contribution in [-0.4, -0.2) is 23.7 Å². The van der Waals surface area contributed by atoms with E-state index in [2.05, 4.69) is 12.2 Å². The molecule has 20 heavy (non-hydrogen) atoms. The fourth-order valence-electron chi connectivity index (χ4n) is 3.23. The third-order valence-corrected chi connectivity index (χ3v) is 4.40. The minimum absolute atomic E-state index is 0.177. The predicted molar refractivity (Wildman–Crippen MR) is 79.2 cm³/mol. The summed E-state index contributed by atoms with van der Waals surface area (Å²) < 4.78 is 5.13. The lowest BCUT2D eigenvalue weighted by atomic mass is 9.71. The number of aliphatic carboxylic acids is 1. The van der Waals surface area contributed by atoms with Gasteiger partial charge in [0.2, 0.25) is 0 Å². The lowest BCUT2D eigenvalue weighted by Gasteiger charge is -2.41. The van der Waals surface area contributed by atoms with E-state index in [1.165, 1.54) is 0 Å². The van der Waals surface area contributed by atoms with E-state index >= 15 is 0 Å². The van der Waals surface area contributed by atoms with Gasteiger partial charge >= 0.3 is 5.97 Å². The summed E-state index contributed by atoms with van der Waals surface area (Å²) >= 11 is 0. The molecule has 2 rings (SSSR count). The lowest BCUT2D eigenvalue weighted by molar-refractivity contribution is -0.145. The van der Waals surface area contributed by atoms with Crippen LogP contribution in [0.2, 0.25) is 0 Å². The zero-order valence-electron chi connectivity index (χ0n) is 12.2. The van der Waals surface area contributed by atoms with Crippen molar-refractivity contribution in [2.75, 3.05) is 12.4 Å². The van der Waals surface area contributed by atoms with E-state index in [1.54, 1.807) is 7.11 Å². The Morgan fingerprint density at radius 2 is 2.10 bits per heavy atom. The molecule has 1 aliphatic carbocycles. The van der Waals surface area contributed by atoms with E-state index in [0.29, 0.717) is 6.42 Å². The molecule has 1 saturated carbocycles. The van der Waals surface area contributed by atoms with Crippen LogP contribution in [0.3, 0.4) is 0 Å². The lowest BCUT2D eigenvalue weighted by Crippen LogP contribution is -2.54. The second-order valence-electron chi connectivity index (χ2n) is 5.48. The molecule has 0 bridgehead atoms. The van der Waals surface area contributed by atoms with Crippen LogP contribution in [-0.2, 0) is 4.79 Å². The van der Waals surface area contributed by atoms with Gasteiger partial charge in [0.05, 0.1) is 7.11 Å². The van der Waals surface area contributed by atoms with E-state index in [1.807, 2.05) is 24.3 Å². The van der Waals surface area contributed by atoms with Crippen LogP contribution in [0, 0.1) is 5.92 Å². The number of nitrogens with one attached hydrogen (secondary N) is 1. The molecule has 0 aliphatic heterocycles. The number of methoxy groups -OCH3 is 1. The normalized spacial score (nSPS) is 26.0. The van der Waals surface area contributed by atoms with Gasteiger partial charge in [-0.2, -0.15) is 0 Å². The van der Waals surface area contributed by atoms with Crippen molar-refractivity contribution in [2.24, 2.45) is 5.92 Å². The summed E-state index contributed by atoms with van der Waals surface area (Å²) in [5.41, 5.74) is 0.00949. The fraction of sp³-hybridized carbons (Fsp3) is 0.562. The molecule has 1 aromatic rings. The zero-order valence-corrected chi connectivity index (χ0v) is 12.2. The van der Waals surface area contributed by atoms with Crippen LogP contribution in [0.4, 0.5) is 5.69 Å². The first-order valence-corrected chi connectivity index (χ1v) is 7.28. The molecule has 1 aromatic carbocycles. The number of benzene rings is 1. The van der Waals surface area contributed by atoms with Crippen molar-refractivity contribution in [3.05, 3.63) is 24.3 Å². The maximum Gasteiger partial charge on any atom is 0.329 e. The summed E-state index contributed by atoms with van der Waals surface area (Å²) in [6.07, 6.45) is 4.64. The largest absolute Gasteiger partial charge is 0.497 e. The molecule has 0 aromatic heterocycles. The van der Waals surface area contributed by atoms with Gasteiger partial charge in [0, 0.05) is 5.69 Å². The van der Waals surface area contributed by atoms with Gasteiger partial charge in [-0.25, -0.2) is 4.79 Å². The number of anilines is 1. The summed E-state index contributed by atoms with van der Waals surface area (Å²) in [7, 11) is 1.62.